The van der Waals surface area contributed by atoms with Crippen LogP contribution in [0.5, 0.6) is 0 Å². The molecular weight excluding hydrogens is 223 g/mol. The maximum absolute atomic E-state index is 13.4. The zero-order chi connectivity index (χ0) is 12.4. The first-order chi connectivity index (χ1) is 8.08. The fraction of sp³-hybridized carbons (Fsp3) is 0.167. The first kappa shape index (κ1) is 11.3. The Kier molecular flexibility index (Phi) is 2.91. The topological polar surface area (TPSA) is 55.1 Å². The highest BCUT2D eigenvalue weighted by molar-refractivity contribution is 5.85. The molecule has 1 N–H and O–H groups in total. The van der Waals surface area contributed by atoms with Crippen LogP contribution < -0.4 is 0 Å². The number of aryl methyl sites for hydroxylation is 1. The average Bonchev–Trinajstić information content (AvgIpc) is 2.64. The number of halogens is 1. The van der Waals surface area contributed by atoms with E-state index >= 15 is 0 Å². The van der Waals surface area contributed by atoms with Crippen LogP contribution in [0.15, 0.2) is 30.3 Å². The Hall–Kier alpha value is -2.17. The van der Waals surface area contributed by atoms with E-state index in [1.807, 2.05) is 0 Å². The zero-order valence-electron chi connectivity index (χ0n) is 9.22. The van der Waals surface area contributed by atoms with Crippen molar-refractivity contribution in [3.63, 3.8) is 0 Å². The molecule has 0 fully saturated rings. The third-order valence-corrected chi connectivity index (χ3v) is 2.48. The second-order valence-corrected chi connectivity index (χ2v) is 3.73. The standard InChI is InChI=1S/C12H11FN2O2/c1-8-6-11(12(16)17)14-15(8)7-9-4-2-3-5-10(9)13/h2-6H,7H2,1H3,(H,16,17). The molecule has 88 valence electrons. The van der Waals surface area contributed by atoms with E-state index < -0.39 is 5.97 Å². The SMILES string of the molecule is Cc1cc(C(=O)O)nn1Cc1ccccc1F. The Morgan fingerprint density at radius 2 is 2.18 bits per heavy atom. The number of hydrogen-bond acceptors (Lipinski definition) is 2. The molecule has 0 aliphatic carbocycles. The molecule has 2 rings (SSSR count). The van der Waals surface area contributed by atoms with Gasteiger partial charge in [-0.3, -0.25) is 4.68 Å². The fourth-order valence-electron chi connectivity index (χ4n) is 1.56. The summed E-state index contributed by atoms with van der Waals surface area (Å²) in [5.74, 6) is -1.40. The normalized spacial score (nSPS) is 10.5. The summed E-state index contributed by atoms with van der Waals surface area (Å²) in [5.41, 5.74) is 1.14. The molecule has 0 unspecified atom stereocenters. The van der Waals surface area contributed by atoms with Crippen LogP contribution >= 0.6 is 0 Å². The van der Waals surface area contributed by atoms with Crippen molar-refractivity contribution in [3.8, 4) is 0 Å². The van der Waals surface area contributed by atoms with Crippen LogP contribution in [0.4, 0.5) is 4.39 Å². The maximum atomic E-state index is 13.4. The van der Waals surface area contributed by atoms with E-state index in [0.717, 1.165) is 0 Å². The first-order valence-corrected chi connectivity index (χ1v) is 5.09. The third kappa shape index (κ3) is 2.33. The van der Waals surface area contributed by atoms with Crippen molar-refractivity contribution in [2.75, 3.05) is 0 Å². The van der Waals surface area contributed by atoms with Crippen LogP contribution in [0.25, 0.3) is 0 Å². The highest BCUT2D eigenvalue weighted by Crippen LogP contribution is 2.11. The van der Waals surface area contributed by atoms with Crippen molar-refractivity contribution in [3.05, 3.63) is 53.1 Å². The van der Waals surface area contributed by atoms with Gasteiger partial charge in [-0.05, 0) is 19.1 Å². The van der Waals surface area contributed by atoms with E-state index in [1.54, 1.807) is 25.1 Å². The van der Waals surface area contributed by atoms with Gasteiger partial charge in [0.15, 0.2) is 5.69 Å². The largest absolute Gasteiger partial charge is 0.476 e. The van der Waals surface area contributed by atoms with Gasteiger partial charge in [-0.1, -0.05) is 18.2 Å². The summed E-state index contributed by atoms with van der Waals surface area (Å²) in [5, 5.41) is 12.7. The third-order valence-electron chi connectivity index (χ3n) is 2.48. The molecule has 0 spiro atoms. The van der Waals surface area contributed by atoms with Gasteiger partial charge in [0.2, 0.25) is 0 Å². The second kappa shape index (κ2) is 4.37. The van der Waals surface area contributed by atoms with E-state index in [0.29, 0.717) is 11.3 Å². The molecule has 4 nitrogen and oxygen atoms in total. The number of nitrogens with zero attached hydrogens (tertiary/aromatic N) is 2. The molecule has 0 bridgehead atoms. The summed E-state index contributed by atoms with van der Waals surface area (Å²) in [7, 11) is 0. The van der Waals surface area contributed by atoms with Gasteiger partial charge in [-0.25, -0.2) is 9.18 Å². The van der Waals surface area contributed by atoms with Crippen LogP contribution in [-0.4, -0.2) is 20.9 Å². The van der Waals surface area contributed by atoms with Gasteiger partial charge in [0.25, 0.3) is 0 Å². The predicted molar refractivity (Wildman–Crippen MR) is 59.4 cm³/mol. The number of hydrogen-bond donors (Lipinski definition) is 1. The number of carboxylic acids is 1. The molecule has 2 aromatic rings. The van der Waals surface area contributed by atoms with Gasteiger partial charge in [0, 0.05) is 11.3 Å². The van der Waals surface area contributed by atoms with E-state index in [2.05, 4.69) is 5.10 Å². The molecule has 0 amide bonds. The van der Waals surface area contributed by atoms with Gasteiger partial charge < -0.3 is 5.11 Å². The minimum absolute atomic E-state index is 0.0289. The monoisotopic (exact) mass is 234 g/mol. The molecule has 0 aliphatic rings. The molecule has 0 saturated carbocycles. The summed E-state index contributed by atoms with van der Waals surface area (Å²) < 4.78 is 14.9. The minimum atomic E-state index is -1.08. The van der Waals surface area contributed by atoms with Crippen molar-refractivity contribution in [2.24, 2.45) is 0 Å². The van der Waals surface area contributed by atoms with Gasteiger partial charge in [0.05, 0.1) is 6.54 Å². The molecular formula is C12H11FN2O2. The van der Waals surface area contributed by atoms with Crippen LogP contribution in [0.3, 0.4) is 0 Å². The smallest absolute Gasteiger partial charge is 0.356 e. The van der Waals surface area contributed by atoms with Crippen LogP contribution in [0.2, 0.25) is 0 Å². The van der Waals surface area contributed by atoms with Crippen molar-refractivity contribution in [1.29, 1.82) is 0 Å². The predicted octanol–water partition coefficient (Wildman–Crippen LogP) is 2.08. The van der Waals surface area contributed by atoms with Gasteiger partial charge in [-0.15, -0.1) is 0 Å². The Labute approximate surface area is 97.3 Å². The number of carbonyl (C=O) groups is 1. The molecule has 17 heavy (non-hydrogen) atoms. The van der Waals surface area contributed by atoms with Gasteiger partial charge in [-0.2, -0.15) is 5.10 Å². The molecule has 0 atom stereocenters. The molecule has 1 aromatic carbocycles. The van der Waals surface area contributed by atoms with E-state index in [-0.39, 0.29) is 18.1 Å². The highest BCUT2D eigenvalue weighted by atomic mass is 19.1. The molecule has 1 aromatic heterocycles. The number of rotatable bonds is 3. The molecule has 0 radical (unpaired) electrons. The number of aromatic carboxylic acids is 1. The summed E-state index contributed by atoms with van der Waals surface area (Å²) in [4.78, 5) is 10.7. The number of carboxylic acid groups (broad SMARTS) is 1. The highest BCUT2D eigenvalue weighted by Gasteiger charge is 2.11. The lowest BCUT2D eigenvalue weighted by molar-refractivity contribution is 0.0689. The zero-order valence-corrected chi connectivity index (χ0v) is 9.22. The lowest BCUT2D eigenvalue weighted by Gasteiger charge is -2.05. The average molecular weight is 234 g/mol. The van der Waals surface area contributed by atoms with Crippen molar-refractivity contribution in [1.82, 2.24) is 9.78 Å². The van der Waals surface area contributed by atoms with Crippen molar-refractivity contribution in [2.45, 2.75) is 13.5 Å². The Morgan fingerprint density at radius 1 is 1.47 bits per heavy atom. The maximum Gasteiger partial charge on any atom is 0.356 e. The van der Waals surface area contributed by atoms with Crippen LogP contribution in [-0.2, 0) is 6.54 Å². The van der Waals surface area contributed by atoms with Crippen molar-refractivity contribution < 1.29 is 14.3 Å². The Morgan fingerprint density at radius 3 is 2.76 bits per heavy atom. The summed E-state index contributed by atoms with van der Waals surface area (Å²) in [6, 6.07) is 7.82. The van der Waals surface area contributed by atoms with E-state index in [9.17, 15) is 9.18 Å². The van der Waals surface area contributed by atoms with E-state index in [1.165, 1.54) is 16.8 Å². The Bertz CT molecular complexity index is 563. The molecule has 1 heterocycles. The van der Waals surface area contributed by atoms with Crippen molar-refractivity contribution >= 4 is 5.97 Å². The lowest BCUT2D eigenvalue weighted by Crippen LogP contribution is -2.07. The quantitative estimate of drug-likeness (QED) is 0.884. The fourth-order valence-corrected chi connectivity index (χ4v) is 1.56. The Balaban J connectivity index is 2.30. The minimum Gasteiger partial charge on any atom is -0.476 e. The summed E-state index contributed by atoms with van der Waals surface area (Å²) >= 11 is 0. The van der Waals surface area contributed by atoms with E-state index in [4.69, 9.17) is 5.11 Å². The number of benzene rings is 1. The molecule has 0 saturated heterocycles. The first-order valence-electron chi connectivity index (χ1n) is 5.09. The molecule has 0 aliphatic heterocycles. The summed E-state index contributed by atoms with van der Waals surface area (Å²) in [6.45, 7) is 1.96. The molecule has 5 heteroatoms. The van der Waals surface area contributed by atoms with Crippen LogP contribution in [0.1, 0.15) is 21.7 Å². The number of aromatic nitrogens is 2. The summed E-state index contributed by atoms with van der Waals surface area (Å²) in [6.07, 6.45) is 0. The van der Waals surface area contributed by atoms with Gasteiger partial charge in [0.1, 0.15) is 5.82 Å². The second-order valence-electron chi connectivity index (χ2n) is 3.73. The van der Waals surface area contributed by atoms with Gasteiger partial charge >= 0.3 is 5.97 Å². The lowest BCUT2D eigenvalue weighted by atomic mass is 10.2. The van der Waals surface area contributed by atoms with Crippen LogP contribution in [0, 0.1) is 12.7 Å².